The Bertz CT molecular complexity index is 469. The number of nitrogens with one attached hydrogen (secondary N) is 1. The molecule has 1 atom stereocenters. The molecule has 106 valence electrons. The van der Waals surface area contributed by atoms with Crippen molar-refractivity contribution in [1.29, 1.82) is 0 Å². The van der Waals surface area contributed by atoms with Crippen molar-refractivity contribution in [2.75, 3.05) is 19.4 Å². The molecule has 1 N–H and O–H groups in total. The van der Waals surface area contributed by atoms with Crippen LogP contribution in [0.15, 0.2) is 0 Å². The number of nitrogens with zero attached hydrogens (tertiary/aromatic N) is 3. The Morgan fingerprint density at radius 2 is 1.74 bits per heavy atom. The number of aromatic nitrogens is 2. The van der Waals surface area contributed by atoms with Gasteiger partial charge >= 0.3 is 0 Å². The van der Waals surface area contributed by atoms with E-state index in [2.05, 4.69) is 15.3 Å². The van der Waals surface area contributed by atoms with Gasteiger partial charge in [-0.25, -0.2) is 9.97 Å². The number of carbonyl (C=O) groups excluding carboxylic acids is 1. The molecule has 0 aliphatic rings. The minimum Gasteiger partial charge on any atom is -0.358 e. The standard InChI is InChI=1S/C14H24N4O/c1-8(2)12(14(19)18(6)7)17-13-9(3)10(4)15-11(5)16-13/h8,12H,1-7H3,(H,15,16,17)/t12-/m1/s1. The summed E-state index contributed by atoms with van der Waals surface area (Å²) in [6.07, 6.45) is 0. The first-order valence-electron chi connectivity index (χ1n) is 6.53. The molecule has 1 rings (SSSR count). The Balaban J connectivity index is 3.07. The van der Waals surface area contributed by atoms with Gasteiger partial charge in [0.1, 0.15) is 17.7 Å². The van der Waals surface area contributed by atoms with E-state index in [1.165, 1.54) is 0 Å². The predicted octanol–water partition coefficient (Wildman–Crippen LogP) is 1.93. The number of carbonyl (C=O) groups is 1. The van der Waals surface area contributed by atoms with Gasteiger partial charge in [-0.15, -0.1) is 0 Å². The molecule has 19 heavy (non-hydrogen) atoms. The normalized spacial score (nSPS) is 12.4. The van der Waals surface area contributed by atoms with E-state index in [0.29, 0.717) is 5.82 Å². The van der Waals surface area contributed by atoms with Crippen LogP contribution in [0.3, 0.4) is 0 Å². The summed E-state index contributed by atoms with van der Waals surface area (Å²) in [5, 5.41) is 3.27. The molecule has 1 heterocycles. The summed E-state index contributed by atoms with van der Waals surface area (Å²) >= 11 is 0. The summed E-state index contributed by atoms with van der Waals surface area (Å²) < 4.78 is 0. The summed E-state index contributed by atoms with van der Waals surface area (Å²) in [7, 11) is 3.53. The van der Waals surface area contributed by atoms with E-state index in [-0.39, 0.29) is 17.9 Å². The van der Waals surface area contributed by atoms with Crippen molar-refractivity contribution in [2.24, 2.45) is 5.92 Å². The Labute approximate surface area is 115 Å². The maximum atomic E-state index is 12.2. The molecule has 1 amide bonds. The van der Waals surface area contributed by atoms with Crippen LogP contribution >= 0.6 is 0 Å². The van der Waals surface area contributed by atoms with E-state index in [1.807, 2.05) is 34.6 Å². The van der Waals surface area contributed by atoms with Gasteiger partial charge in [-0.05, 0) is 26.7 Å². The fourth-order valence-corrected chi connectivity index (χ4v) is 1.85. The van der Waals surface area contributed by atoms with Gasteiger partial charge in [-0.3, -0.25) is 4.79 Å². The van der Waals surface area contributed by atoms with Crippen LogP contribution in [0.1, 0.15) is 30.9 Å². The molecule has 0 fully saturated rings. The van der Waals surface area contributed by atoms with Gasteiger partial charge in [0.2, 0.25) is 5.91 Å². The largest absolute Gasteiger partial charge is 0.358 e. The third kappa shape index (κ3) is 3.66. The SMILES string of the molecule is Cc1nc(C)c(C)c(N[C@@H](C(=O)N(C)C)C(C)C)n1. The third-order valence-corrected chi connectivity index (χ3v) is 3.17. The quantitative estimate of drug-likeness (QED) is 0.902. The van der Waals surface area contributed by atoms with E-state index < -0.39 is 0 Å². The van der Waals surface area contributed by atoms with Crippen LogP contribution in [-0.4, -0.2) is 40.9 Å². The maximum Gasteiger partial charge on any atom is 0.244 e. The maximum absolute atomic E-state index is 12.2. The molecule has 0 spiro atoms. The van der Waals surface area contributed by atoms with Gasteiger partial charge in [-0.2, -0.15) is 0 Å². The lowest BCUT2D eigenvalue weighted by Gasteiger charge is -2.26. The molecule has 0 aromatic carbocycles. The molecule has 1 aromatic rings. The van der Waals surface area contributed by atoms with Crippen LogP contribution in [0.25, 0.3) is 0 Å². The van der Waals surface area contributed by atoms with E-state index in [0.717, 1.165) is 17.1 Å². The molecule has 0 radical (unpaired) electrons. The lowest BCUT2D eigenvalue weighted by molar-refractivity contribution is -0.130. The minimum absolute atomic E-state index is 0.0586. The second-order valence-corrected chi connectivity index (χ2v) is 5.43. The van der Waals surface area contributed by atoms with Crippen LogP contribution in [0.5, 0.6) is 0 Å². The van der Waals surface area contributed by atoms with Crippen molar-refractivity contribution in [3.05, 3.63) is 17.1 Å². The van der Waals surface area contributed by atoms with E-state index >= 15 is 0 Å². The van der Waals surface area contributed by atoms with Gasteiger partial charge < -0.3 is 10.2 Å². The summed E-state index contributed by atoms with van der Waals surface area (Å²) in [5.41, 5.74) is 1.93. The third-order valence-electron chi connectivity index (χ3n) is 3.17. The average Bonchev–Trinajstić information content (AvgIpc) is 2.30. The Kier molecular flexibility index (Phi) is 4.86. The second-order valence-electron chi connectivity index (χ2n) is 5.43. The van der Waals surface area contributed by atoms with Gasteiger partial charge in [0.05, 0.1) is 0 Å². The highest BCUT2D eigenvalue weighted by molar-refractivity contribution is 5.84. The second kappa shape index (κ2) is 5.99. The highest BCUT2D eigenvalue weighted by atomic mass is 16.2. The van der Waals surface area contributed by atoms with Crippen molar-refractivity contribution >= 4 is 11.7 Å². The van der Waals surface area contributed by atoms with E-state index in [9.17, 15) is 4.79 Å². The Morgan fingerprint density at radius 1 is 1.16 bits per heavy atom. The zero-order valence-electron chi connectivity index (χ0n) is 12.9. The van der Waals surface area contributed by atoms with E-state index in [4.69, 9.17) is 0 Å². The number of hydrogen-bond acceptors (Lipinski definition) is 4. The molecule has 0 unspecified atom stereocenters. The summed E-state index contributed by atoms with van der Waals surface area (Å²) in [5.74, 6) is 1.71. The molecule has 0 saturated carbocycles. The fourth-order valence-electron chi connectivity index (χ4n) is 1.85. The topological polar surface area (TPSA) is 58.1 Å². The average molecular weight is 264 g/mol. The summed E-state index contributed by atoms with van der Waals surface area (Å²) in [6.45, 7) is 9.82. The van der Waals surface area contributed by atoms with Crippen LogP contribution in [0.2, 0.25) is 0 Å². The molecule has 5 nitrogen and oxygen atoms in total. The van der Waals surface area contributed by atoms with Gasteiger partial charge in [0, 0.05) is 25.4 Å². The van der Waals surface area contributed by atoms with Crippen LogP contribution in [-0.2, 0) is 4.79 Å². The minimum atomic E-state index is -0.276. The first kappa shape index (κ1) is 15.4. The number of anilines is 1. The summed E-state index contributed by atoms with van der Waals surface area (Å²) in [6, 6.07) is -0.276. The van der Waals surface area contributed by atoms with Crippen molar-refractivity contribution in [3.63, 3.8) is 0 Å². The first-order valence-corrected chi connectivity index (χ1v) is 6.53. The lowest BCUT2D eigenvalue weighted by Crippen LogP contribution is -2.42. The highest BCUT2D eigenvalue weighted by Gasteiger charge is 2.24. The number of hydrogen-bond donors (Lipinski definition) is 1. The Hall–Kier alpha value is -1.65. The summed E-state index contributed by atoms with van der Waals surface area (Å²) in [4.78, 5) is 22.5. The molecular weight excluding hydrogens is 240 g/mol. The predicted molar refractivity (Wildman–Crippen MR) is 77.2 cm³/mol. The highest BCUT2D eigenvalue weighted by Crippen LogP contribution is 2.18. The molecular formula is C14H24N4O. The number of rotatable bonds is 4. The molecule has 0 bridgehead atoms. The van der Waals surface area contributed by atoms with Crippen molar-refractivity contribution < 1.29 is 4.79 Å². The lowest BCUT2D eigenvalue weighted by atomic mass is 10.0. The molecule has 0 saturated heterocycles. The van der Waals surface area contributed by atoms with Crippen molar-refractivity contribution in [1.82, 2.24) is 14.9 Å². The smallest absolute Gasteiger partial charge is 0.244 e. The molecule has 5 heteroatoms. The number of aryl methyl sites for hydroxylation is 2. The van der Waals surface area contributed by atoms with Gasteiger partial charge in [-0.1, -0.05) is 13.8 Å². The fraction of sp³-hybridized carbons (Fsp3) is 0.643. The monoisotopic (exact) mass is 264 g/mol. The molecule has 0 aliphatic heterocycles. The van der Waals surface area contributed by atoms with Gasteiger partial charge in [0.15, 0.2) is 0 Å². The van der Waals surface area contributed by atoms with E-state index in [1.54, 1.807) is 19.0 Å². The number of amides is 1. The van der Waals surface area contributed by atoms with Crippen LogP contribution < -0.4 is 5.32 Å². The first-order chi connectivity index (χ1) is 8.73. The molecule has 0 aliphatic carbocycles. The number of likely N-dealkylation sites (N-methyl/N-ethyl adjacent to an activating group) is 1. The molecule has 1 aromatic heterocycles. The zero-order valence-corrected chi connectivity index (χ0v) is 12.9. The Morgan fingerprint density at radius 3 is 2.21 bits per heavy atom. The van der Waals surface area contributed by atoms with Crippen LogP contribution in [0, 0.1) is 26.7 Å². The van der Waals surface area contributed by atoms with Crippen molar-refractivity contribution in [3.8, 4) is 0 Å². The van der Waals surface area contributed by atoms with Crippen molar-refractivity contribution in [2.45, 2.75) is 40.7 Å². The zero-order chi connectivity index (χ0) is 14.7. The van der Waals surface area contributed by atoms with Crippen LogP contribution in [0.4, 0.5) is 5.82 Å². The van der Waals surface area contributed by atoms with Gasteiger partial charge in [0.25, 0.3) is 0 Å².